The van der Waals surface area contributed by atoms with Crippen molar-refractivity contribution in [3.8, 4) is 0 Å². The van der Waals surface area contributed by atoms with E-state index < -0.39 is 0 Å². The molecule has 0 atom stereocenters. The minimum Gasteiger partial charge on any atom is -0.398 e. The summed E-state index contributed by atoms with van der Waals surface area (Å²) < 4.78 is 0.664. The molecule has 1 aromatic rings. The lowest BCUT2D eigenvalue weighted by molar-refractivity contribution is -0.120. The van der Waals surface area contributed by atoms with E-state index in [9.17, 15) is 9.59 Å². The third kappa shape index (κ3) is 3.46. The summed E-state index contributed by atoms with van der Waals surface area (Å²) >= 11 is 3.25. The Morgan fingerprint density at radius 1 is 1.39 bits per heavy atom. The first-order valence-electron chi connectivity index (χ1n) is 5.69. The predicted octanol–water partition coefficient (Wildman–Crippen LogP) is 1.04. The Bertz CT molecular complexity index is 486. The van der Waals surface area contributed by atoms with Crippen LogP contribution in [0.15, 0.2) is 22.7 Å². The van der Waals surface area contributed by atoms with Crippen LogP contribution in [0, 0.1) is 0 Å². The molecule has 4 N–H and O–H groups in total. The van der Waals surface area contributed by atoms with Crippen LogP contribution in [0.4, 0.5) is 5.69 Å². The van der Waals surface area contributed by atoms with E-state index in [1.54, 1.807) is 18.2 Å². The first-order valence-corrected chi connectivity index (χ1v) is 6.48. The number of amides is 2. The van der Waals surface area contributed by atoms with Crippen molar-refractivity contribution in [3.05, 3.63) is 28.2 Å². The van der Waals surface area contributed by atoms with Crippen molar-refractivity contribution < 1.29 is 9.59 Å². The second kappa shape index (κ2) is 5.39. The number of rotatable bonds is 4. The standard InChI is InChI=1S/C12H14BrN3O2/c13-9-5-7(1-4-10(9)14)12(18)15-6-11(17)16-8-2-3-8/h1,4-5,8H,2-3,6,14H2,(H,15,18)(H,16,17). The zero-order valence-electron chi connectivity index (χ0n) is 9.70. The quantitative estimate of drug-likeness (QED) is 0.726. The Morgan fingerprint density at radius 2 is 2.11 bits per heavy atom. The smallest absolute Gasteiger partial charge is 0.251 e. The van der Waals surface area contributed by atoms with Crippen LogP contribution >= 0.6 is 15.9 Å². The SMILES string of the molecule is Nc1ccc(C(=O)NCC(=O)NC2CC2)cc1Br. The first kappa shape index (κ1) is 12.9. The van der Waals surface area contributed by atoms with Gasteiger partial charge in [-0.2, -0.15) is 0 Å². The highest BCUT2D eigenvalue weighted by molar-refractivity contribution is 9.10. The lowest BCUT2D eigenvalue weighted by Crippen LogP contribution is -2.37. The van der Waals surface area contributed by atoms with Gasteiger partial charge in [0.2, 0.25) is 5.91 Å². The van der Waals surface area contributed by atoms with Crippen LogP contribution in [0.2, 0.25) is 0 Å². The maximum absolute atomic E-state index is 11.8. The van der Waals surface area contributed by atoms with E-state index in [2.05, 4.69) is 26.6 Å². The molecule has 1 aromatic carbocycles. The lowest BCUT2D eigenvalue weighted by atomic mass is 10.2. The molecule has 1 aliphatic rings. The molecule has 2 amide bonds. The van der Waals surface area contributed by atoms with Gasteiger partial charge in [0.25, 0.3) is 5.91 Å². The molecule has 6 heteroatoms. The molecule has 0 aliphatic heterocycles. The van der Waals surface area contributed by atoms with Gasteiger partial charge < -0.3 is 16.4 Å². The molecule has 5 nitrogen and oxygen atoms in total. The van der Waals surface area contributed by atoms with Gasteiger partial charge >= 0.3 is 0 Å². The van der Waals surface area contributed by atoms with Gasteiger partial charge in [0.1, 0.15) is 0 Å². The van der Waals surface area contributed by atoms with Crippen LogP contribution in [0.5, 0.6) is 0 Å². The summed E-state index contributed by atoms with van der Waals surface area (Å²) in [6.45, 7) is -0.00265. The van der Waals surface area contributed by atoms with Gasteiger partial charge in [0.05, 0.1) is 6.54 Å². The number of nitrogens with one attached hydrogen (secondary N) is 2. The second-order valence-corrected chi connectivity index (χ2v) is 5.12. The average Bonchev–Trinajstić information content (AvgIpc) is 3.13. The van der Waals surface area contributed by atoms with Gasteiger partial charge in [-0.25, -0.2) is 0 Å². The fourth-order valence-corrected chi connectivity index (χ4v) is 1.82. The van der Waals surface area contributed by atoms with E-state index in [4.69, 9.17) is 5.73 Å². The summed E-state index contributed by atoms with van der Waals surface area (Å²) in [6.07, 6.45) is 2.06. The fraction of sp³-hybridized carbons (Fsp3) is 0.333. The van der Waals surface area contributed by atoms with Crippen LogP contribution in [-0.4, -0.2) is 24.4 Å². The summed E-state index contributed by atoms with van der Waals surface area (Å²) in [6, 6.07) is 5.20. The molecule has 1 aliphatic carbocycles. The molecule has 0 unspecified atom stereocenters. The van der Waals surface area contributed by atoms with E-state index in [1.165, 1.54) is 0 Å². The van der Waals surface area contributed by atoms with Crippen molar-refractivity contribution in [2.45, 2.75) is 18.9 Å². The molecular formula is C12H14BrN3O2. The third-order valence-electron chi connectivity index (χ3n) is 2.61. The van der Waals surface area contributed by atoms with Crippen molar-refractivity contribution in [3.63, 3.8) is 0 Å². The number of carbonyl (C=O) groups excluding carboxylic acids is 2. The molecule has 0 spiro atoms. The monoisotopic (exact) mass is 311 g/mol. The molecule has 0 bridgehead atoms. The molecular weight excluding hydrogens is 298 g/mol. The number of hydrogen-bond acceptors (Lipinski definition) is 3. The molecule has 0 heterocycles. The number of hydrogen-bond donors (Lipinski definition) is 3. The van der Waals surface area contributed by atoms with Gasteiger partial charge in [-0.3, -0.25) is 9.59 Å². The Morgan fingerprint density at radius 3 is 2.72 bits per heavy atom. The fourth-order valence-electron chi connectivity index (χ4n) is 1.44. The molecule has 0 radical (unpaired) electrons. The number of nitrogens with two attached hydrogens (primary N) is 1. The molecule has 18 heavy (non-hydrogen) atoms. The minimum atomic E-state index is -0.290. The molecule has 0 saturated heterocycles. The number of anilines is 1. The molecule has 0 aromatic heterocycles. The van der Waals surface area contributed by atoms with Crippen molar-refractivity contribution in [2.24, 2.45) is 0 Å². The summed E-state index contributed by atoms with van der Waals surface area (Å²) in [7, 11) is 0. The van der Waals surface area contributed by atoms with Crippen molar-refractivity contribution in [1.29, 1.82) is 0 Å². The lowest BCUT2D eigenvalue weighted by Gasteiger charge is -2.07. The highest BCUT2D eigenvalue weighted by Gasteiger charge is 2.23. The zero-order valence-corrected chi connectivity index (χ0v) is 11.3. The third-order valence-corrected chi connectivity index (χ3v) is 3.30. The topological polar surface area (TPSA) is 84.2 Å². The Balaban J connectivity index is 1.86. The minimum absolute atomic E-state index is 0.00265. The van der Waals surface area contributed by atoms with Gasteiger partial charge in [-0.1, -0.05) is 0 Å². The number of carbonyl (C=O) groups is 2. The summed E-state index contributed by atoms with van der Waals surface area (Å²) in [5, 5.41) is 5.36. The largest absolute Gasteiger partial charge is 0.398 e. The maximum Gasteiger partial charge on any atom is 0.251 e. The summed E-state index contributed by atoms with van der Waals surface area (Å²) in [5.41, 5.74) is 6.67. The van der Waals surface area contributed by atoms with Crippen LogP contribution < -0.4 is 16.4 Å². The average molecular weight is 312 g/mol. The molecule has 96 valence electrons. The Labute approximate surface area is 113 Å². The van der Waals surface area contributed by atoms with Gasteiger partial charge in [-0.15, -0.1) is 0 Å². The highest BCUT2D eigenvalue weighted by Crippen LogP contribution is 2.20. The zero-order chi connectivity index (χ0) is 13.1. The molecule has 1 saturated carbocycles. The highest BCUT2D eigenvalue weighted by atomic mass is 79.9. The number of halogens is 1. The second-order valence-electron chi connectivity index (χ2n) is 4.26. The molecule has 2 rings (SSSR count). The van der Waals surface area contributed by atoms with Gasteiger partial charge in [0, 0.05) is 21.8 Å². The Hall–Kier alpha value is -1.56. The van der Waals surface area contributed by atoms with Crippen LogP contribution in [-0.2, 0) is 4.79 Å². The van der Waals surface area contributed by atoms with Gasteiger partial charge in [0.15, 0.2) is 0 Å². The van der Waals surface area contributed by atoms with Crippen molar-refractivity contribution >= 4 is 33.4 Å². The maximum atomic E-state index is 11.8. The Kier molecular flexibility index (Phi) is 3.86. The van der Waals surface area contributed by atoms with E-state index in [1.807, 2.05) is 0 Å². The first-order chi connectivity index (χ1) is 8.56. The summed E-state index contributed by atoms with van der Waals surface area (Å²) in [4.78, 5) is 23.2. The van der Waals surface area contributed by atoms with E-state index in [0.29, 0.717) is 21.8 Å². The van der Waals surface area contributed by atoms with E-state index in [0.717, 1.165) is 12.8 Å². The number of benzene rings is 1. The van der Waals surface area contributed by atoms with E-state index in [-0.39, 0.29) is 18.4 Å². The van der Waals surface area contributed by atoms with Crippen LogP contribution in [0.25, 0.3) is 0 Å². The van der Waals surface area contributed by atoms with Crippen molar-refractivity contribution in [2.75, 3.05) is 12.3 Å². The van der Waals surface area contributed by atoms with Crippen LogP contribution in [0.3, 0.4) is 0 Å². The van der Waals surface area contributed by atoms with Gasteiger partial charge in [-0.05, 0) is 47.0 Å². The van der Waals surface area contributed by atoms with Crippen molar-refractivity contribution in [1.82, 2.24) is 10.6 Å². The van der Waals surface area contributed by atoms with Crippen LogP contribution in [0.1, 0.15) is 23.2 Å². The van der Waals surface area contributed by atoms with E-state index >= 15 is 0 Å². The normalized spacial score (nSPS) is 14.1. The predicted molar refractivity (Wildman–Crippen MR) is 72.1 cm³/mol. The molecule has 1 fully saturated rings. The number of nitrogen functional groups attached to an aromatic ring is 1. The summed E-state index contributed by atoms with van der Waals surface area (Å²) in [5.74, 6) is -0.443.